The molecule has 0 saturated carbocycles. The van der Waals surface area contributed by atoms with Gasteiger partial charge >= 0.3 is 0 Å². The van der Waals surface area contributed by atoms with Gasteiger partial charge in [0.1, 0.15) is 5.76 Å². The number of rotatable bonds is 4. The number of thioether (sulfide) groups is 1. The number of nitrogens with zero attached hydrogens (tertiary/aromatic N) is 1. The highest BCUT2D eigenvalue weighted by Crippen LogP contribution is 2.27. The van der Waals surface area contributed by atoms with E-state index in [-0.39, 0.29) is 11.2 Å². The van der Waals surface area contributed by atoms with Crippen LogP contribution in [0.4, 0.5) is 5.82 Å². The summed E-state index contributed by atoms with van der Waals surface area (Å²) < 4.78 is 4.92. The molecule has 1 N–H and O–H groups in total. The van der Waals surface area contributed by atoms with Crippen LogP contribution in [0.3, 0.4) is 0 Å². The average Bonchev–Trinajstić information content (AvgIpc) is 2.78. The number of aromatic nitrogens is 1. The zero-order valence-electron chi connectivity index (χ0n) is 12.1. The van der Waals surface area contributed by atoms with Crippen LogP contribution in [0.15, 0.2) is 33.7 Å². The SMILES string of the molecule is Cc1ccc(S[C@@H](C)C(=O)Nc2cc(C)on2)c(C)c1. The van der Waals surface area contributed by atoms with Crippen molar-refractivity contribution in [3.8, 4) is 0 Å². The molecule has 0 fully saturated rings. The van der Waals surface area contributed by atoms with Gasteiger partial charge in [0, 0.05) is 11.0 Å². The fraction of sp³-hybridized carbons (Fsp3) is 0.333. The van der Waals surface area contributed by atoms with Crippen LogP contribution >= 0.6 is 11.8 Å². The molecule has 0 aliphatic carbocycles. The molecule has 1 heterocycles. The van der Waals surface area contributed by atoms with Crippen LogP contribution in [0.5, 0.6) is 0 Å². The van der Waals surface area contributed by atoms with Crippen LogP contribution in [-0.2, 0) is 4.79 Å². The van der Waals surface area contributed by atoms with Crippen LogP contribution < -0.4 is 5.32 Å². The molecule has 0 unspecified atom stereocenters. The second-order valence-corrected chi connectivity index (χ2v) is 6.22. The van der Waals surface area contributed by atoms with Crippen LogP contribution in [0, 0.1) is 20.8 Å². The standard InChI is InChI=1S/C15H18N2O2S/c1-9-5-6-13(10(2)7-9)20-12(4)15(18)16-14-8-11(3)19-17-14/h5-8,12H,1-4H3,(H,16,17,18)/t12-/m0/s1. The third-order valence-corrected chi connectivity index (χ3v) is 4.16. The van der Waals surface area contributed by atoms with Crippen molar-refractivity contribution in [1.29, 1.82) is 0 Å². The van der Waals surface area contributed by atoms with Gasteiger partial charge in [0.2, 0.25) is 5.91 Å². The van der Waals surface area contributed by atoms with Gasteiger partial charge in [0.05, 0.1) is 5.25 Å². The predicted octanol–water partition coefficient (Wildman–Crippen LogP) is 3.72. The number of carbonyl (C=O) groups excluding carboxylic acids is 1. The van der Waals surface area contributed by atoms with Crippen LogP contribution in [0.2, 0.25) is 0 Å². The average molecular weight is 290 g/mol. The Kier molecular flexibility index (Phi) is 4.49. The monoisotopic (exact) mass is 290 g/mol. The van der Waals surface area contributed by atoms with Gasteiger partial charge in [-0.15, -0.1) is 11.8 Å². The van der Waals surface area contributed by atoms with Crippen molar-refractivity contribution in [1.82, 2.24) is 5.16 Å². The Morgan fingerprint density at radius 2 is 2.05 bits per heavy atom. The Bertz CT molecular complexity index is 622. The molecule has 0 aliphatic heterocycles. The van der Waals surface area contributed by atoms with E-state index in [2.05, 4.69) is 42.5 Å². The summed E-state index contributed by atoms with van der Waals surface area (Å²) in [6.45, 7) is 7.79. The van der Waals surface area contributed by atoms with E-state index in [1.807, 2.05) is 6.92 Å². The van der Waals surface area contributed by atoms with E-state index in [9.17, 15) is 4.79 Å². The zero-order valence-corrected chi connectivity index (χ0v) is 12.9. The van der Waals surface area contributed by atoms with E-state index in [4.69, 9.17) is 4.52 Å². The molecule has 5 heteroatoms. The number of carbonyl (C=O) groups is 1. The molecule has 0 saturated heterocycles. The Labute approximate surface area is 122 Å². The molecule has 0 bridgehead atoms. The first-order valence-corrected chi connectivity index (χ1v) is 7.32. The number of anilines is 1. The Balaban J connectivity index is 2.00. The molecule has 20 heavy (non-hydrogen) atoms. The maximum absolute atomic E-state index is 12.1. The number of hydrogen-bond acceptors (Lipinski definition) is 4. The van der Waals surface area contributed by atoms with Crippen molar-refractivity contribution >= 4 is 23.5 Å². The maximum Gasteiger partial charge on any atom is 0.238 e. The molecule has 4 nitrogen and oxygen atoms in total. The van der Waals surface area contributed by atoms with E-state index in [0.717, 1.165) is 4.90 Å². The number of amides is 1. The fourth-order valence-electron chi connectivity index (χ4n) is 1.83. The van der Waals surface area contributed by atoms with E-state index >= 15 is 0 Å². The van der Waals surface area contributed by atoms with Crippen molar-refractivity contribution in [2.45, 2.75) is 37.8 Å². The highest BCUT2D eigenvalue weighted by atomic mass is 32.2. The number of aryl methyl sites for hydroxylation is 3. The first-order valence-electron chi connectivity index (χ1n) is 6.44. The molecule has 1 aromatic carbocycles. The summed E-state index contributed by atoms with van der Waals surface area (Å²) in [6.07, 6.45) is 0. The largest absolute Gasteiger partial charge is 0.360 e. The van der Waals surface area contributed by atoms with E-state index in [0.29, 0.717) is 11.6 Å². The Morgan fingerprint density at radius 1 is 1.30 bits per heavy atom. The Morgan fingerprint density at radius 3 is 2.65 bits per heavy atom. The number of hydrogen-bond donors (Lipinski definition) is 1. The molecule has 1 atom stereocenters. The van der Waals surface area contributed by atoms with E-state index in [1.165, 1.54) is 11.1 Å². The molecule has 0 radical (unpaired) electrons. The van der Waals surface area contributed by atoms with Gasteiger partial charge in [0.25, 0.3) is 0 Å². The quantitative estimate of drug-likeness (QED) is 0.872. The summed E-state index contributed by atoms with van der Waals surface area (Å²) in [4.78, 5) is 13.2. The van der Waals surface area contributed by atoms with Crippen molar-refractivity contribution in [2.24, 2.45) is 0 Å². The molecule has 1 aromatic heterocycles. The minimum atomic E-state index is -0.201. The third kappa shape index (κ3) is 3.63. The van der Waals surface area contributed by atoms with Crippen LogP contribution in [0.25, 0.3) is 0 Å². The highest BCUT2D eigenvalue weighted by Gasteiger charge is 2.16. The minimum Gasteiger partial charge on any atom is -0.360 e. The second-order valence-electron chi connectivity index (χ2n) is 4.84. The molecule has 106 valence electrons. The molecule has 2 aromatic rings. The Hall–Kier alpha value is -1.75. The maximum atomic E-state index is 12.1. The predicted molar refractivity (Wildman–Crippen MR) is 81.1 cm³/mol. The van der Waals surface area contributed by atoms with Crippen molar-refractivity contribution in [3.05, 3.63) is 41.2 Å². The first kappa shape index (κ1) is 14.7. The summed E-state index contributed by atoms with van der Waals surface area (Å²) in [6, 6.07) is 7.93. The summed E-state index contributed by atoms with van der Waals surface area (Å²) in [5.41, 5.74) is 2.41. The summed E-state index contributed by atoms with van der Waals surface area (Å²) in [5, 5.41) is 6.31. The lowest BCUT2D eigenvalue weighted by Crippen LogP contribution is -2.22. The summed E-state index contributed by atoms with van der Waals surface area (Å²) >= 11 is 1.54. The lowest BCUT2D eigenvalue weighted by molar-refractivity contribution is -0.115. The van der Waals surface area contributed by atoms with E-state index < -0.39 is 0 Å². The lowest BCUT2D eigenvalue weighted by Gasteiger charge is -2.12. The van der Waals surface area contributed by atoms with E-state index in [1.54, 1.807) is 24.8 Å². The first-order chi connectivity index (χ1) is 9.45. The fourth-order valence-corrected chi connectivity index (χ4v) is 2.77. The van der Waals surface area contributed by atoms with Gasteiger partial charge in [-0.25, -0.2) is 0 Å². The summed E-state index contributed by atoms with van der Waals surface area (Å²) in [7, 11) is 0. The van der Waals surface area contributed by atoms with Gasteiger partial charge in [-0.1, -0.05) is 22.9 Å². The molecular formula is C15H18N2O2S. The molecule has 1 amide bonds. The number of benzene rings is 1. The molecular weight excluding hydrogens is 272 g/mol. The van der Waals surface area contributed by atoms with Crippen molar-refractivity contribution in [2.75, 3.05) is 5.32 Å². The molecule has 0 spiro atoms. The highest BCUT2D eigenvalue weighted by molar-refractivity contribution is 8.00. The topological polar surface area (TPSA) is 55.1 Å². The molecule has 2 rings (SSSR count). The summed E-state index contributed by atoms with van der Waals surface area (Å²) in [5.74, 6) is 1.05. The smallest absolute Gasteiger partial charge is 0.238 e. The second kappa shape index (κ2) is 6.13. The van der Waals surface area contributed by atoms with Crippen LogP contribution in [-0.4, -0.2) is 16.3 Å². The minimum absolute atomic E-state index is 0.0803. The van der Waals surface area contributed by atoms with Gasteiger partial charge < -0.3 is 9.84 Å². The lowest BCUT2D eigenvalue weighted by atomic mass is 10.2. The van der Waals surface area contributed by atoms with Crippen molar-refractivity contribution in [3.63, 3.8) is 0 Å². The van der Waals surface area contributed by atoms with Gasteiger partial charge in [-0.05, 0) is 39.3 Å². The van der Waals surface area contributed by atoms with Gasteiger partial charge in [0.15, 0.2) is 5.82 Å². The van der Waals surface area contributed by atoms with Crippen LogP contribution in [0.1, 0.15) is 23.8 Å². The number of nitrogens with one attached hydrogen (secondary N) is 1. The van der Waals surface area contributed by atoms with Gasteiger partial charge in [-0.2, -0.15) is 0 Å². The normalized spacial score (nSPS) is 12.2. The zero-order chi connectivity index (χ0) is 14.7. The van der Waals surface area contributed by atoms with Crippen molar-refractivity contribution < 1.29 is 9.32 Å². The molecule has 0 aliphatic rings. The third-order valence-electron chi connectivity index (χ3n) is 2.88. The van der Waals surface area contributed by atoms with Gasteiger partial charge in [-0.3, -0.25) is 4.79 Å².